The zero-order valence-electron chi connectivity index (χ0n) is 14.8. The van der Waals surface area contributed by atoms with Gasteiger partial charge in [0.1, 0.15) is 23.7 Å². The summed E-state index contributed by atoms with van der Waals surface area (Å²) < 4.78 is 45.7. The van der Waals surface area contributed by atoms with E-state index in [4.69, 9.17) is 4.52 Å². The number of benzene rings is 1. The Morgan fingerprint density at radius 2 is 2.21 bits per heavy atom. The molecule has 1 fully saturated rings. The summed E-state index contributed by atoms with van der Waals surface area (Å²) in [6, 6.07) is 5.50. The third-order valence-electron chi connectivity index (χ3n) is 4.10. The number of urea groups is 1. The quantitative estimate of drug-likeness (QED) is 0.836. The van der Waals surface area contributed by atoms with Gasteiger partial charge >= 0.3 is 12.4 Å². The van der Waals surface area contributed by atoms with Gasteiger partial charge in [-0.15, -0.1) is 13.2 Å². The van der Waals surface area contributed by atoms with Crippen molar-refractivity contribution >= 4 is 17.6 Å². The van der Waals surface area contributed by atoms with Gasteiger partial charge in [-0.2, -0.15) is 0 Å². The van der Waals surface area contributed by atoms with Crippen LogP contribution in [-0.2, 0) is 11.3 Å². The number of alkyl halides is 3. The normalized spacial score (nSPS) is 16.9. The standard InChI is InChI=1S/C17H17F3N4O4/c1-23(10-11-6-8-27-22-11)16(26)21-14-5-7-24(15(14)25)12-3-2-4-13(9-12)28-17(18,19)20/h2-4,6,8-9,14H,5,7,10H2,1H3,(H,21,26). The fraction of sp³-hybridized carbons (Fsp3) is 0.353. The van der Waals surface area contributed by atoms with Crippen LogP contribution in [0.3, 0.4) is 0 Å². The Balaban J connectivity index is 1.61. The Morgan fingerprint density at radius 1 is 1.43 bits per heavy atom. The molecule has 8 nitrogen and oxygen atoms in total. The van der Waals surface area contributed by atoms with Gasteiger partial charge in [0.05, 0.1) is 6.54 Å². The van der Waals surface area contributed by atoms with Gasteiger partial charge in [-0.25, -0.2) is 4.79 Å². The number of ether oxygens (including phenoxy) is 1. The number of nitrogens with zero attached hydrogens (tertiary/aromatic N) is 3. The molecule has 3 rings (SSSR count). The summed E-state index contributed by atoms with van der Waals surface area (Å²) in [4.78, 5) is 27.5. The largest absolute Gasteiger partial charge is 0.573 e. The number of aromatic nitrogens is 1. The van der Waals surface area contributed by atoms with E-state index >= 15 is 0 Å². The minimum atomic E-state index is -4.82. The lowest BCUT2D eigenvalue weighted by atomic mass is 10.2. The van der Waals surface area contributed by atoms with Crippen LogP contribution in [0.15, 0.2) is 41.1 Å². The van der Waals surface area contributed by atoms with Gasteiger partial charge in [-0.1, -0.05) is 11.2 Å². The van der Waals surface area contributed by atoms with Crippen molar-refractivity contribution in [2.75, 3.05) is 18.5 Å². The summed E-state index contributed by atoms with van der Waals surface area (Å²) in [7, 11) is 1.54. The van der Waals surface area contributed by atoms with Gasteiger partial charge < -0.3 is 24.4 Å². The molecule has 1 aromatic carbocycles. The molecule has 28 heavy (non-hydrogen) atoms. The van der Waals surface area contributed by atoms with Crippen LogP contribution in [0.4, 0.5) is 23.7 Å². The first kappa shape index (κ1) is 19.5. The number of carbonyl (C=O) groups is 2. The van der Waals surface area contributed by atoms with Gasteiger partial charge in [-0.05, 0) is 18.6 Å². The lowest BCUT2D eigenvalue weighted by molar-refractivity contribution is -0.274. The Hall–Kier alpha value is -3.24. The minimum Gasteiger partial charge on any atom is -0.406 e. The van der Waals surface area contributed by atoms with E-state index in [1.54, 1.807) is 13.1 Å². The second kappa shape index (κ2) is 7.79. The smallest absolute Gasteiger partial charge is 0.406 e. The second-order valence-electron chi connectivity index (χ2n) is 6.17. The van der Waals surface area contributed by atoms with Crippen LogP contribution in [0.2, 0.25) is 0 Å². The van der Waals surface area contributed by atoms with Crippen molar-refractivity contribution in [2.24, 2.45) is 0 Å². The van der Waals surface area contributed by atoms with Gasteiger partial charge in [0, 0.05) is 31.4 Å². The Bertz CT molecular complexity index is 841. The number of hydrogen-bond acceptors (Lipinski definition) is 5. The number of nitrogens with one attached hydrogen (secondary N) is 1. The molecule has 0 saturated carbocycles. The molecule has 0 aliphatic carbocycles. The molecule has 1 aliphatic rings. The van der Waals surface area contributed by atoms with Gasteiger partial charge in [0.15, 0.2) is 0 Å². The first-order valence-electron chi connectivity index (χ1n) is 8.31. The fourth-order valence-electron chi connectivity index (χ4n) is 2.81. The number of rotatable bonds is 5. The molecule has 3 amide bonds. The Labute approximate surface area is 157 Å². The summed E-state index contributed by atoms with van der Waals surface area (Å²) in [5.41, 5.74) is 0.818. The van der Waals surface area contributed by atoms with E-state index in [-0.39, 0.29) is 18.8 Å². The number of amides is 3. The van der Waals surface area contributed by atoms with Crippen molar-refractivity contribution in [1.82, 2.24) is 15.4 Å². The second-order valence-corrected chi connectivity index (χ2v) is 6.17. The predicted molar refractivity (Wildman–Crippen MR) is 90.4 cm³/mol. The van der Waals surface area contributed by atoms with Crippen molar-refractivity contribution in [3.8, 4) is 5.75 Å². The maximum atomic E-state index is 12.6. The summed E-state index contributed by atoms with van der Waals surface area (Å²) in [6.07, 6.45) is -3.11. The zero-order chi connectivity index (χ0) is 20.3. The summed E-state index contributed by atoms with van der Waals surface area (Å²) in [5.74, 6) is -0.829. The Morgan fingerprint density at radius 3 is 2.89 bits per heavy atom. The average molecular weight is 398 g/mol. The maximum Gasteiger partial charge on any atom is 0.573 e. The van der Waals surface area contributed by atoms with E-state index in [2.05, 4.69) is 15.2 Å². The molecule has 1 saturated heterocycles. The molecule has 0 bridgehead atoms. The molecule has 1 aromatic heterocycles. The van der Waals surface area contributed by atoms with Crippen molar-refractivity contribution in [3.63, 3.8) is 0 Å². The van der Waals surface area contributed by atoms with E-state index in [0.29, 0.717) is 12.1 Å². The van der Waals surface area contributed by atoms with E-state index in [0.717, 1.165) is 12.1 Å². The topological polar surface area (TPSA) is 87.9 Å². The summed E-state index contributed by atoms with van der Waals surface area (Å²) >= 11 is 0. The molecule has 1 atom stereocenters. The van der Waals surface area contributed by atoms with Crippen LogP contribution < -0.4 is 15.0 Å². The van der Waals surface area contributed by atoms with E-state index in [1.807, 2.05) is 0 Å². The third-order valence-corrected chi connectivity index (χ3v) is 4.10. The first-order valence-corrected chi connectivity index (χ1v) is 8.31. The highest BCUT2D eigenvalue weighted by Crippen LogP contribution is 2.29. The molecule has 1 N–H and O–H groups in total. The zero-order valence-corrected chi connectivity index (χ0v) is 14.8. The van der Waals surface area contributed by atoms with Crippen molar-refractivity contribution in [2.45, 2.75) is 25.4 Å². The van der Waals surface area contributed by atoms with Crippen LogP contribution in [0, 0.1) is 0 Å². The van der Waals surface area contributed by atoms with Crippen LogP contribution >= 0.6 is 0 Å². The maximum absolute atomic E-state index is 12.6. The molecule has 150 valence electrons. The van der Waals surface area contributed by atoms with Crippen molar-refractivity contribution in [3.05, 3.63) is 42.3 Å². The van der Waals surface area contributed by atoms with Crippen LogP contribution in [-0.4, -0.2) is 48.0 Å². The lowest BCUT2D eigenvalue weighted by Crippen LogP contribution is -2.46. The van der Waals surface area contributed by atoms with Crippen molar-refractivity contribution in [1.29, 1.82) is 0 Å². The monoisotopic (exact) mass is 398 g/mol. The number of carbonyl (C=O) groups excluding carboxylic acids is 2. The molecular formula is C17H17F3N4O4. The van der Waals surface area contributed by atoms with Crippen LogP contribution in [0.1, 0.15) is 12.1 Å². The lowest BCUT2D eigenvalue weighted by Gasteiger charge is -2.21. The highest BCUT2D eigenvalue weighted by atomic mass is 19.4. The SMILES string of the molecule is CN(Cc1ccon1)C(=O)NC1CCN(c2cccc(OC(F)(F)F)c2)C1=O. The van der Waals surface area contributed by atoms with E-state index in [9.17, 15) is 22.8 Å². The van der Waals surface area contributed by atoms with Gasteiger partial charge in [0.25, 0.3) is 0 Å². The molecule has 0 spiro atoms. The van der Waals surface area contributed by atoms with Gasteiger partial charge in [-0.3, -0.25) is 4.79 Å². The number of hydrogen-bond donors (Lipinski definition) is 1. The molecular weight excluding hydrogens is 381 g/mol. The van der Waals surface area contributed by atoms with E-state index in [1.165, 1.54) is 28.2 Å². The highest BCUT2D eigenvalue weighted by molar-refractivity contribution is 6.01. The van der Waals surface area contributed by atoms with Crippen LogP contribution in [0.25, 0.3) is 0 Å². The van der Waals surface area contributed by atoms with Crippen LogP contribution in [0.5, 0.6) is 5.75 Å². The Kier molecular flexibility index (Phi) is 5.43. The first-order chi connectivity index (χ1) is 13.2. The molecule has 1 aliphatic heterocycles. The predicted octanol–water partition coefficient (Wildman–Crippen LogP) is 2.52. The fourth-order valence-corrected chi connectivity index (χ4v) is 2.81. The molecule has 2 aromatic rings. The highest BCUT2D eigenvalue weighted by Gasteiger charge is 2.35. The molecule has 0 radical (unpaired) electrons. The molecule has 11 heteroatoms. The summed E-state index contributed by atoms with van der Waals surface area (Å²) in [5, 5.41) is 6.33. The van der Waals surface area contributed by atoms with E-state index < -0.39 is 30.1 Å². The average Bonchev–Trinajstić information content (AvgIpc) is 3.24. The minimum absolute atomic E-state index is 0.198. The summed E-state index contributed by atoms with van der Waals surface area (Å²) in [6.45, 7) is 0.454. The third kappa shape index (κ3) is 4.72. The van der Waals surface area contributed by atoms with Crippen molar-refractivity contribution < 1.29 is 32.0 Å². The number of halogens is 3. The molecule has 1 unspecified atom stereocenters. The molecule has 2 heterocycles. The number of anilines is 1. The van der Waals surface area contributed by atoms with Gasteiger partial charge in [0.2, 0.25) is 5.91 Å².